The summed E-state index contributed by atoms with van der Waals surface area (Å²) in [6.07, 6.45) is 1.41. The van der Waals surface area contributed by atoms with E-state index in [2.05, 4.69) is 5.92 Å². The van der Waals surface area contributed by atoms with E-state index < -0.39 is 4.92 Å². The summed E-state index contributed by atoms with van der Waals surface area (Å²) in [7, 11) is 0. The van der Waals surface area contributed by atoms with Crippen molar-refractivity contribution in [3.05, 3.63) is 34.3 Å². The SMILES string of the molecule is O=[N+]([O-])C#Cc1ccco1. The van der Waals surface area contributed by atoms with E-state index in [0.29, 0.717) is 5.76 Å². The zero-order chi connectivity index (χ0) is 7.40. The zero-order valence-electron chi connectivity index (χ0n) is 4.90. The summed E-state index contributed by atoms with van der Waals surface area (Å²) in [6, 6.07) is 4.89. The van der Waals surface area contributed by atoms with Crippen LogP contribution in [0, 0.1) is 22.1 Å². The highest BCUT2D eigenvalue weighted by Crippen LogP contribution is 1.95. The second-order valence-electron chi connectivity index (χ2n) is 1.47. The van der Waals surface area contributed by atoms with Crippen LogP contribution in [-0.4, -0.2) is 4.92 Å². The molecule has 0 unspecified atom stereocenters. The molecule has 0 saturated carbocycles. The molecule has 0 atom stereocenters. The van der Waals surface area contributed by atoms with Crippen molar-refractivity contribution >= 4 is 0 Å². The van der Waals surface area contributed by atoms with Gasteiger partial charge in [-0.15, -0.1) is 0 Å². The summed E-state index contributed by atoms with van der Waals surface area (Å²) in [5.41, 5.74) is 0. The number of hydrogen-bond acceptors (Lipinski definition) is 3. The van der Waals surface area contributed by atoms with Crippen molar-refractivity contribution in [3.8, 4) is 12.0 Å². The lowest BCUT2D eigenvalue weighted by Crippen LogP contribution is -1.82. The van der Waals surface area contributed by atoms with Crippen molar-refractivity contribution in [1.82, 2.24) is 0 Å². The molecule has 10 heavy (non-hydrogen) atoms. The second kappa shape index (κ2) is 2.69. The number of furan rings is 1. The molecule has 4 heteroatoms. The minimum absolute atomic E-state index is 0.303. The molecule has 0 N–H and O–H groups in total. The molecule has 1 heterocycles. The molecule has 4 nitrogen and oxygen atoms in total. The summed E-state index contributed by atoms with van der Waals surface area (Å²) < 4.78 is 4.71. The molecular weight excluding hydrogens is 134 g/mol. The average molecular weight is 137 g/mol. The summed E-state index contributed by atoms with van der Waals surface area (Å²) in [5.74, 6) is 2.51. The normalized spacial score (nSPS) is 8.00. The molecule has 0 aromatic carbocycles. The van der Waals surface area contributed by atoms with Crippen LogP contribution in [0.1, 0.15) is 5.76 Å². The quantitative estimate of drug-likeness (QED) is 0.230. The van der Waals surface area contributed by atoms with Crippen molar-refractivity contribution in [3.63, 3.8) is 0 Å². The van der Waals surface area contributed by atoms with Gasteiger partial charge in [0.15, 0.2) is 5.76 Å². The van der Waals surface area contributed by atoms with Crippen LogP contribution in [0.4, 0.5) is 0 Å². The highest BCUT2D eigenvalue weighted by Gasteiger charge is 1.88. The molecule has 0 amide bonds. The highest BCUT2D eigenvalue weighted by molar-refractivity contribution is 5.21. The molecular formula is C6H3NO3. The average Bonchev–Trinajstić information content (AvgIpc) is 2.34. The van der Waals surface area contributed by atoms with E-state index in [1.165, 1.54) is 6.26 Å². The van der Waals surface area contributed by atoms with E-state index in [0.717, 1.165) is 0 Å². The van der Waals surface area contributed by atoms with E-state index in [-0.39, 0.29) is 0 Å². The highest BCUT2D eigenvalue weighted by atomic mass is 16.6. The Kier molecular flexibility index (Phi) is 1.71. The maximum atomic E-state index is 9.68. The lowest BCUT2D eigenvalue weighted by molar-refractivity contribution is -0.379. The van der Waals surface area contributed by atoms with Gasteiger partial charge in [-0.1, -0.05) is 0 Å². The topological polar surface area (TPSA) is 56.3 Å². The van der Waals surface area contributed by atoms with Crippen LogP contribution in [-0.2, 0) is 0 Å². The fourth-order valence-corrected chi connectivity index (χ4v) is 0.450. The van der Waals surface area contributed by atoms with Crippen LogP contribution >= 0.6 is 0 Å². The summed E-state index contributed by atoms with van der Waals surface area (Å²) in [4.78, 5) is 8.97. The fourth-order valence-electron chi connectivity index (χ4n) is 0.450. The number of rotatable bonds is 0. The van der Waals surface area contributed by atoms with Gasteiger partial charge in [-0.3, -0.25) is 0 Å². The maximum Gasteiger partial charge on any atom is 0.299 e. The fraction of sp³-hybridized carbons (Fsp3) is 0. The zero-order valence-corrected chi connectivity index (χ0v) is 4.90. The van der Waals surface area contributed by atoms with E-state index in [1.807, 2.05) is 0 Å². The monoisotopic (exact) mass is 137 g/mol. The maximum absolute atomic E-state index is 9.68. The smallest absolute Gasteiger partial charge is 0.299 e. The van der Waals surface area contributed by atoms with E-state index in [4.69, 9.17) is 4.42 Å². The summed E-state index contributed by atoms with van der Waals surface area (Å²) in [5, 5.41) is 9.68. The van der Waals surface area contributed by atoms with Gasteiger partial charge >= 0.3 is 0 Å². The van der Waals surface area contributed by atoms with E-state index >= 15 is 0 Å². The number of nitrogens with zero attached hydrogens (tertiary/aromatic N) is 1. The molecule has 0 bridgehead atoms. The molecule has 50 valence electrons. The molecule has 1 rings (SSSR count). The van der Waals surface area contributed by atoms with Gasteiger partial charge in [0.2, 0.25) is 0 Å². The Morgan fingerprint density at radius 3 is 3.00 bits per heavy atom. The number of nitro groups is 1. The third kappa shape index (κ3) is 1.63. The molecule has 1 aromatic heterocycles. The Bertz CT molecular complexity index is 278. The third-order valence-electron chi connectivity index (χ3n) is 0.792. The van der Waals surface area contributed by atoms with Gasteiger partial charge in [0.25, 0.3) is 6.04 Å². The second-order valence-corrected chi connectivity index (χ2v) is 1.47. The van der Waals surface area contributed by atoms with Crippen LogP contribution in [0.5, 0.6) is 0 Å². The standard InChI is InChI=1S/C6H3NO3/c8-7(9)4-3-6-2-1-5-10-6/h1-2,5H. The first-order chi connectivity index (χ1) is 4.79. The van der Waals surface area contributed by atoms with Gasteiger partial charge in [0, 0.05) is 0 Å². The Hall–Kier alpha value is -1.76. The van der Waals surface area contributed by atoms with E-state index in [1.54, 1.807) is 18.2 Å². The van der Waals surface area contributed by atoms with Crippen molar-refractivity contribution in [2.45, 2.75) is 0 Å². The van der Waals surface area contributed by atoms with Gasteiger partial charge in [0.1, 0.15) is 4.92 Å². The Balaban J connectivity index is 2.75. The molecule has 1 aromatic rings. The predicted molar refractivity (Wildman–Crippen MR) is 32.6 cm³/mol. The van der Waals surface area contributed by atoms with Gasteiger partial charge in [-0.05, 0) is 12.1 Å². The summed E-state index contributed by atoms with van der Waals surface area (Å²) >= 11 is 0. The summed E-state index contributed by atoms with van der Waals surface area (Å²) in [6.45, 7) is 0. The molecule has 0 radical (unpaired) electrons. The first-order valence-electron chi connectivity index (χ1n) is 2.48. The minimum atomic E-state index is -0.720. The molecule has 0 aliphatic rings. The van der Waals surface area contributed by atoms with Crippen LogP contribution < -0.4 is 0 Å². The first-order valence-corrected chi connectivity index (χ1v) is 2.48. The van der Waals surface area contributed by atoms with Crippen molar-refractivity contribution in [1.29, 1.82) is 0 Å². The van der Waals surface area contributed by atoms with Crippen molar-refractivity contribution < 1.29 is 9.34 Å². The Labute approximate surface area is 56.6 Å². The Morgan fingerprint density at radius 1 is 1.70 bits per heavy atom. The number of hydrogen-bond donors (Lipinski definition) is 0. The third-order valence-corrected chi connectivity index (χ3v) is 0.792. The Morgan fingerprint density at radius 2 is 2.50 bits per heavy atom. The van der Waals surface area contributed by atoms with Crippen LogP contribution in [0.15, 0.2) is 22.8 Å². The lowest BCUT2D eigenvalue weighted by atomic mass is 10.5. The lowest BCUT2D eigenvalue weighted by Gasteiger charge is -1.71. The predicted octanol–water partition coefficient (Wildman–Crippen LogP) is 0.865. The van der Waals surface area contributed by atoms with Crippen LogP contribution in [0.25, 0.3) is 0 Å². The van der Waals surface area contributed by atoms with Gasteiger partial charge < -0.3 is 4.42 Å². The van der Waals surface area contributed by atoms with E-state index in [9.17, 15) is 10.1 Å². The molecule has 0 fully saturated rings. The molecule has 0 saturated heterocycles. The molecule has 0 aliphatic heterocycles. The van der Waals surface area contributed by atoms with Crippen molar-refractivity contribution in [2.75, 3.05) is 0 Å². The largest absolute Gasteiger partial charge is 0.456 e. The van der Waals surface area contributed by atoms with Gasteiger partial charge in [0.05, 0.1) is 12.2 Å². The van der Waals surface area contributed by atoms with Crippen LogP contribution in [0.3, 0.4) is 0 Å². The molecule has 0 spiro atoms. The minimum Gasteiger partial charge on any atom is -0.456 e. The van der Waals surface area contributed by atoms with Gasteiger partial charge in [-0.2, -0.15) is 0 Å². The van der Waals surface area contributed by atoms with Crippen LogP contribution in [0.2, 0.25) is 0 Å². The first kappa shape index (κ1) is 6.36. The van der Waals surface area contributed by atoms with Gasteiger partial charge in [-0.25, -0.2) is 10.1 Å². The van der Waals surface area contributed by atoms with Crippen molar-refractivity contribution in [2.24, 2.45) is 0 Å². The molecule has 0 aliphatic carbocycles.